The average Bonchev–Trinajstić information content (AvgIpc) is 3.13. The lowest BCUT2D eigenvalue weighted by Crippen LogP contribution is -2.40. The third-order valence-corrected chi connectivity index (χ3v) is 4.02. The fourth-order valence-electron chi connectivity index (χ4n) is 1.82. The van der Waals surface area contributed by atoms with Crippen LogP contribution >= 0.6 is 23.2 Å². The molecule has 2 unspecified atom stereocenters. The van der Waals surface area contributed by atoms with E-state index in [0.29, 0.717) is 35.0 Å². The zero-order valence-corrected chi connectivity index (χ0v) is 13.1. The number of nitrogens with zero attached hydrogens (tertiary/aromatic N) is 1. The van der Waals surface area contributed by atoms with Crippen molar-refractivity contribution < 1.29 is 4.74 Å². The second-order valence-electron chi connectivity index (χ2n) is 4.86. The van der Waals surface area contributed by atoms with E-state index in [9.17, 15) is 0 Å². The molecule has 6 heteroatoms. The molecule has 2 atom stereocenters. The van der Waals surface area contributed by atoms with Gasteiger partial charge in [-0.25, -0.2) is 0 Å². The van der Waals surface area contributed by atoms with Gasteiger partial charge in [0.25, 0.3) is 0 Å². The van der Waals surface area contributed by atoms with Gasteiger partial charge in [0.05, 0.1) is 11.6 Å². The van der Waals surface area contributed by atoms with Crippen molar-refractivity contribution in [2.45, 2.75) is 19.4 Å². The van der Waals surface area contributed by atoms with Crippen LogP contribution in [0.2, 0.25) is 10.0 Å². The predicted molar refractivity (Wildman–Crippen MR) is 84.0 cm³/mol. The van der Waals surface area contributed by atoms with Crippen LogP contribution in [0.4, 0.5) is 0 Å². The minimum atomic E-state index is 0.448. The summed E-state index contributed by atoms with van der Waals surface area (Å²) >= 11 is 12.0. The molecule has 0 spiro atoms. The minimum Gasteiger partial charge on any atom is -0.490 e. The van der Waals surface area contributed by atoms with Crippen LogP contribution in [0, 0.1) is 5.92 Å². The molecule has 0 saturated heterocycles. The van der Waals surface area contributed by atoms with Gasteiger partial charge in [0.2, 0.25) is 0 Å². The Labute approximate surface area is 129 Å². The molecule has 0 aliphatic heterocycles. The molecule has 0 aromatic heterocycles. The van der Waals surface area contributed by atoms with Crippen LogP contribution in [0.3, 0.4) is 0 Å². The van der Waals surface area contributed by atoms with E-state index in [1.165, 1.54) is 6.42 Å². The van der Waals surface area contributed by atoms with E-state index in [1.54, 1.807) is 19.2 Å². The second kappa shape index (κ2) is 7.04. The molecule has 0 radical (unpaired) electrons. The summed E-state index contributed by atoms with van der Waals surface area (Å²) in [7, 11) is 1.76. The summed E-state index contributed by atoms with van der Waals surface area (Å²) in [5.74, 6) is 2.13. The minimum absolute atomic E-state index is 0.448. The maximum Gasteiger partial charge on any atom is 0.191 e. The van der Waals surface area contributed by atoms with Gasteiger partial charge < -0.3 is 15.4 Å². The summed E-state index contributed by atoms with van der Waals surface area (Å²) in [4.78, 5) is 4.17. The van der Waals surface area contributed by atoms with E-state index in [0.717, 1.165) is 11.9 Å². The molecule has 2 rings (SSSR count). The molecule has 1 fully saturated rings. The molecule has 0 amide bonds. The molecule has 1 saturated carbocycles. The number of halogens is 2. The van der Waals surface area contributed by atoms with E-state index < -0.39 is 0 Å². The van der Waals surface area contributed by atoms with E-state index in [2.05, 4.69) is 22.5 Å². The number of benzene rings is 1. The van der Waals surface area contributed by atoms with Gasteiger partial charge in [-0.2, -0.15) is 0 Å². The highest BCUT2D eigenvalue weighted by Gasteiger charge is 2.33. The Morgan fingerprint density at radius 3 is 2.85 bits per heavy atom. The zero-order chi connectivity index (χ0) is 14.5. The molecule has 1 aliphatic rings. The maximum atomic E-state index is 6.04. The van der Waals surface area contributed by atoms with Crippen LogP contribution < -0.4 is 15.4 Å². The Bertz CT molecular complexity index is 493. The van der Waals surface area contributed by atoms with E-state index in [-0.39, 0.29) is 0 Å². The molecule has 0 heterocycles. The lowest BCUT2D eigenvalue weighted by Gasteiger charge is -2.13. The molecule has 110 valence electrons. The Morgan fingerprint density at radius 2 is 2.20 bits per heavy atom. The maximum absolute atomic E-state index is 6.04. The third-order valence-electron chi connectivity index (χ3n) is 3.22. The SMILES string of the molecule is CN=C(NCCOc1cccc(Cl)c1Cl)NC1CC1C. The number of ether oxygens (including phenoxy) is 1. The standard InChI is InChI=1S/C14H19Cl2N3O/c1-9-8-11(9)19-14(17-2)18-6-7-20-12-5-3-4-10(15)13(12)16/h3-5,9,11H,6-8H2,1-2H3,(H2,17,18,19). The Kier molecular flexibility index (Phi) is 5.38. The van der Waals surface area contributed by atoms with Gasteiger partial charge in [-0.1, -0.05) is 36.2 Å². The van der Waals surface area contributed by atoms with Crippen LogP contribution in [0.15, 0.2) is 23.2 Å². The highest BCUT2D eigenvalue weighted by atomic mass is 35.5. The Morgan fingerprint density at radius 1 is 1.45 bits per heavy atom. The largest absolute Gasteiger partial charge is 0.490 e. The number of nitrogens with one attached hydrogen (secondary N) is 2. The van der Waals surface area contributed by atoms with Crippen molar-refractivity contribution in [3.63, 3.8) is 0 Å². The second-order valence-corrected chi connectivity index (χ2v) is 5.65. The van der Waals surface area contributed by atoms with Gasteiger partial charge in [0.1, 0.15) is 17.4 Å². The highest BCUT2D eigenvalue weighted by molar-refractivity contribution is 6.42. The van der Waals surface area contributed by atoms with Crippen molar-refractivity contribution in [3.8, 4) is 5.75 Å². The Hall–Kier alpha value is -1.13. The highest BCUT2D eigenvalue weighted by Crippen LogP contribution is 2.31. The van der Waals surface area contributed by atoms with Crippen molar-refractivity contribution in [2.75, 3.05) is 20.2 Å². The normalized spacial score (nSPS) is 21.5. The van der Waals surface area contributed by atoms with Crippen LogP contribution in [-0.4, -0.2) is 32.2 Å². The van der Waals surface area contributed by atoms with Gasteiger partial charge in [0.15, 0.2) is 5.96 Å². The van der Waals surface area contributed by atoms with Crippen molar-refractivity contribution in [3.05, 3.63) is 28.2 Å². The van der Waals surface area contributed by atoms with Crippen molar-refractivity contribution in [1.29, 1.82) is 0 Å². The molecule has 1 aliphatic carbocycles. The zero-order valence-electron chi connectivity index (χ0n) is 11.6. The first-order valence-corrected chi connectivity index (χ1v) is 7.41. The summed E-state index contributed by atoms with van der Waals surface area (Å²) in [5.41, 5.74) is 0. The number of guanidine groups is 1. The van der Waals surface area contributed by atoms with Crippen molar-refractivity contribution >= 4 is 29.2 Å². The molecule has 0 bridgehead atoms. The predicted octanol–water partition coefficient (Wildman–Crippen LogP) is 2.95. The van der Waals surface area contributed by atoms with Gasteiger partial charge in [-0.15, -0.1) is 0 Å². The number of rotatable bonds is 5. The summed E-state index contributed by atoms with van der Waals surface area (Å²) in [5, 5.41) is 7.49. The van der Waals surface area contributed by atoms with Crippen molar-refractivity contribution in [1.82, 2.24) is 10.6 Å². The molecule has 20 heavy (non-hydrogen) atoms. The first-order valence-electron chi connectivity index (χ1n) is 6.66. The molecule has 4 nitrogen and oxygen atoms in total. The number of hydrogen-bond donors (Lipinski definition) is 2. The van der Waals surface area contributed by atoms with Gasteiger partial charge >= 0.3 is 0 Å². The molecule has 1 aromatic rings. The van der Waals surface area contributed by atoms with Crippen LogP contribution in [0.25, 0.3) is 0 Å². The number of aliphatic imine (C=N–C) groups is 1. The fourth-order valence-corrected chi connectivity index (χ4v) is 2.17. The van der Waals surface area contributed by atoms with Crippen molar-refractivity contribution in [2.24, 2.45) is 10.9 Å². The first-order chi connectivity index (χ1) is 9.61. The van der Waals surface area contributed by atoms with Gasteiger partial charge in [-0.05, 0) is 24.5 Å². The quantitative estimate of drug-likeness (QED) is 0.499. The number of hydrogen-bond acceptors (Lipinski definition) is 2. The smallest absolute Gasteiger partial charge is 0.191 e. The first kappa shape index (κ1) is 15.3. The van der Waals surface area contributed by atoms with E-state index in [1.807, 2.05) is 6.07 Å². The van der Waals surface area contributed by atoms with Crippen LogP contribution in [-0.2, 0) is 0 Å². The third kappa shape index (κ3) is 4.18. The molecule has 1 aromatic carbocycles. The summed E-state index contributed by atoms with van der Waals surface area (Å²) in [6.45, 7) is 3.35. The topological polar surface area (TPSA) is 45.7 Å². The lowest BCUT2D eigenvalue weighted by atomic mass is 10.3. The summed E-state index contributed by atoms with van der Waals surface area (Å²) < 4.78 is 5.59. The average molecular weight is 316 g/mol. The molecule has 2 N–H and O–H groups in total. The lowest BCUT2D eigenvalue weighted by molar-refractivity contribution is 0.322. The molecular weight excluding hydrogens is 297 g/mol. The van der Waals surface area contributed by atoms with Gasteiger partial charge in [0, 0.05) is 13.1 Å². The van der Waals surface area contributed by atoms with Crippen LogP contribution in [0.5, 0.6) is 5.75 Å². The summed E-state index contributed by atoms with van der Waals surface area (Å²) in [6, 6.07) is 5.89. The van der Waals surface area contributed by atoms with Gasteiger partial charge in [-0.3, -0.25) is 4.99 Å². The summed E-state index contributed by atoms with van der Waals surface area (Å²) in [6.07, 6.45) is 1.20. The van der Waals surface area contributed by atoms with E-state index >= 15 is 0 Å². The fraction of sp³-hybridized carbons (Fsp3) is 0.500. The monoisotopic (exact) mass is 315 g/mol. The van der Waals surface area contributed by atoms with E-state index in [4.69, 9.17) is 27.9 Å². The van der Waals surface area contributed by atoms with Crippen LogP contribution in [0.1, 0.15) is 13.3 Å². The Balaban J connectivity index is 1.71. The molecular formula is C14H19Cl2N3O.